The van der Waals surface area contributed by atoms with E-state index in [2.05, 4.69) is 220 Å². The third-order valence-electron chi connectivity index (χ3n) is 13.3. The molecule has 0 atom stereocenters. The van der Waals surface area contributed by atoms with Gasteiger partial charge in [-0.2, -0.15) is 0 Å². The molecule has 1 aliphatic rings. The Morgan fingerprint density at radius 2 is 0.695 bits per heavy atom. The maximum atomic E-state index is 2.54. The molecule has 0 fully saturated rings. The van der Waals surface area contributed by atoms with E-state index in [1.54, 1.807) is 0 Å². The van der Waals surface area contributed by atoms with Crippen molar-refractivity contribution in [3.8, 4) is 66.8 Å². The van der Waals surface area contributed by atoms with Crippen LogP contribution in [0.4, 0.5) is 0 Å². The minimum atomic E-state index is 0.0105. The van der Waals surface area contributed by atoms with Crippen LogP contribution >= 0.6 is 0 Å². The Bertz CT molecular complexity index is 3100. The second kappa shape index (κ2) is 14.1. The zero-order valence-corrected chi connectivity index (χ0v) is 33.5. The van der Waals surface area contributed by atoms with E-state index in [4.69, 9.17) is 0 Å². The second-order valence-electron chi connectivity index (χ2n) is 16.2. The van der Waals surface area contributed by atoms with Crippen LogP contribution in [0.1, 0.15) is 37.8 Å². The summed E-state index contributed by atoms with van der Waals surface area (Å²) in [5, 5.41) is 7.62. The summed E-state index contributed by atoms with van der Waals surface area (Å²) in [6.45, 7) is 4.72. The van der Waals surface area contributed by atoms with Gasteiger partial charge in [0.15, 0.2) is 0 Å². The van der Waals surface area contributed by atoms with Gasteiger partial charge in [-0.1, -0.05) is 196 Å². The monoisotopic (exact) mass is 752 g/mol. The van der Waals surface area contributed by atoms with Gasteiger partial charge in [0.05, 0.1) is 0 Å². The summed E-state index contributed by atoms with van der Waals surface area (Å²) in [5.41, 5.74) is 18.2. The summed E-state index contributed by atoms with van der Waals surface area (Å²) < 4.78 is 0. The van der Waals surface area contributed by atoms with Crippen LogP contribution in [0.15, 0.2) is 206 Å². The maximum absolute atomic E-state index is 2.54. The van der Waals surface area contributed by atoms with E-state index in [1.165, 1.54) is 110 Å². The molecule has 0 N–H and O–H groups in total. The topological polar surface area (TPSA) is 0 Å². The van der Waals surface area contributed by atoms with Crippen LogP contribution in [0.5, 0.6) is 0 Å². The average Bonchev–Trinajstić information content (AvgIpc) is 3.60. The van der Waals surface area contributed by atoms with E-state index in [-0.39, 0.29) is 5.41 Å². The van der Waals surface area contributed by atoms with E-state index in [9.17, 15) is 0 Å². The molecule has 0 unspecified atom stereocenters. The molecule has 11 rings (SSSR count). The molecule has 0 spiro atoms. The predicted octanol–water partition coefficient (Wildman–Crippen LogP) is 16.6. The van der Waals surface area contributed by atoms with E-state index >= 15 is 0 Å². The van der Waals surface area contributed by atoms with Gasteiger partial charge in [0.1, 0.15) is 0 Å². The van der Waals surface area contributed by atoms with E-state index in [1.807, 2.05) is 0 Å². The van der Waals surface area contributed by atoms with Crippen LogP contribution in [-0.4, -0.2) is 0 Å². The number of hydrogen-bond acceptors (Lipinski definition) is 0. The summed E-state index contributed by atoms with van der Waals surface area (Å²) in [4.78, 5) is 0. The lowest BCUT2D eigenvalue weighted by Crippen LogP contribution is -2.23. The van der Waals surface area contributed by atoms with Crippen LogP contribution in [0.3, 0.4) is 0 Å². The molecule has 280 valence electrons. The van der Waals surface area contributed by atoms with Gasteiger partial charge in [0.25, 0.3) is 0 Å². The fourth-order valence-corrected chi connectivity index (χ4v) is 10.5. The van der Waals surface area contributed by atoms with Crippen LogP contribution in [0, 0.1) is 0 Å². The lowest BCUT2D eigenvalue weighted by Gasteiger charge is -2.30. The van der Waals surface area contributed by atoms with Gasteiger partial charge in [-0.05, 0) is 147 Å². The summed E-state index contributed by atoms with van der Waals surface area (Å²) in [7, 11) is 0. The van der Waals surface area contributed by atoms with Crippen molar-refractivity contribution in [3.63, 3.8) is 0 Å². The van der Waals surface area contributed by atoms with Crippen molar-refractivity contribution in [1.82, 2.24) is 0 Å². The molecule has 10 aromatic carbocycles. The van der Waals surface area contributed by atoms with Crippen molar-refractivity contribution < 1.29 is 0 Å². The van der Waals surface area contributed by atoms with Gasteiger partial charge in [-0.25, -0.2) is 0 Å². The fourth-order valence-electron chi connectivity index (χ4n) is 10.5. The Hall–Kier alpha value is -7.02. The highest BCUT2D eigenvalue weighted by atomic mass is 14.4. The Morgan fingerprint density at radius 3 is 1.27 bits per heavy atom. The second-order valence-corrected chi connectivity index (χ2v) is 16.2. The number of fused-ring (bicyclic) bond motifs is 6. The normalized spacial score (nSPS) is 12.8. The summed E-state index contributed by atoms with van der Waals surface area (Å²) in [6, 6.07) is 76.9. The third-order valence-corrected chi connectivity index (χ3v) is 13.3. The van der Waals surface area contributed by atoms with Gasteiger partial charge in [0.2, 0.25) is 0 Å². The first kappa shape index (κ1) is 35.2. The highest BCUT2D eigenvalue weighted by Gasteiger charge is 2.40. The minimum Gasteiger partial charge on any atom is -0.0642 e. The highest BCUT2D eigenvalue weighted by molar-refractivity contribution is 6.24. The van der Waals surface area contributed by atoms with Crippen molar-refractivity contribution in [3.05, 3.63) is 217 Å². The number of hydrogen-bond donors (Lipinski definition) is 0. The van der Waals surface area contributed by atoms with Gasteiger partial charge < -0.3 is 0 Å². The number of benzene rings is 10. The molecule has 1 aliphatic carbocycles. The van der Waals surface area contributed by atoms with Crippen LogP contribution in [0.2, 0.25) is 0 Å². The van der Waals surface area contributed by atoms with Crippen molar-refractivity contribution >= 4 is 32.3 Å². The SMILES string of the molecule is CCC1(CC)c2ccccc2-c2ccc(-c3c4ccccc4c(-c4ccc(-c5cc(-c6ccccc6)cc(-c6ccccc6)c5)c5ccccc45)c4ccccc34)cc21. The molecule has 0 aliphatic heterocycles. The van der Waals surface area contributed by atoms with Crippen molar-refractivity contribution in [2.45, 2.75) is 32.1 Å². The largest absolute Gasteiger partial charge is 0.0642 e. The van der Waals surface area contributed by atoms with Gasteiger partial charge in [-0.15, -0.1) is 0 Å². The summed E-state index contributed by atoms with van der Waals surface area (Å²) in [6.07, 6.45) is 2.15. The van der Waals surface area contributed by atoms with Crippen LogP contribution < -0.4 is 0 Å². The van der Waals surface area contributed by atoms with E-state index in [0.29, 0.717) is 0 Å². The molecule has 0 saturated carbocycles. The van der Waals surface area contributed by atoms with Crippen molar-refractivity contribution in [1.29, 1.82) is 0 Å². The summed E-state index contributed by atoms with van der Waals surface area (Å²) in [5.74, 6) is 0. The minimum absolute atomic E-state index is 0.0105. The molecule has 0 aromatic heterocycles. The van der Waals surface area contributed by atoms with Crippen molar-refractivity contribution in [2.75, 3.05) is 0 Å². The first-order valence-corrected chi connectivity index (χ1v) is 21.1. The molecule has 0 heteroatoms. The van der Waals surface area contributed by atoms with Crippen molar-refractivity contribution in [2.24, 2.45) is 0 Å². The molecule has 0 amide bonds. The molecule has 59 heavy (non-hydrogen) atoms. The first-order valence-electron chi connectivity index (χ1n) is 21.1. The van der Waals surface area contributed by atoms with E-state index < -0.39 is 0 Å². The van der Waals surface area contributed by atoms with Gasteiger partial charge in [-0.3, -0.25) is 0 Å². The highest BCUT2D eigenvalue weighted by Crippen LogP contribution is 2.54. The third kappa shape index (κ3) is 5.51. The Kier molecular flexibility index (Phi) is 8.41. The standard InChI is InChI=1S/C59H44/c1-3-59(4-2)55-30-18-17-25-48(55)49-32-31-41(38-56(49)59)57-50-26-13-15-28-52(50)58(53-29-16-14-27-51(53)57)54-34-33-45(46-23-11-12-24-47(46)54)44-36-42(39-19-7-5-8-20-39)35-43(37-44)40-21-9-6-10-22-40/h5-38H,3-4H2,1-2H3. The Morgan fingerprint density at radius 1 is 0.271 bits per heavy atom. The Balaban J connectivity index is 1.14. The molecule has 0 radical (unpaired) electrons. The van der Waals surface area contributed by atoms with E-state index in [0.717, 1.165) is 12.8 Å². The smallest absolute Gasteiger partial charge is 0.0210 e. The predicted molar refractivity (Wildman–Crippen MR) is 253 cm³/mol. The lowest BCUT2D eigenvalue weighted by atomic mass is 9.73. The molecular weight excluding hydrogens is 709 g/mol. The number of rotatable bonds is 7. The molecule has 0 bridgehead atoms. The maximum Gasteiger partial charge on any atom is 0.0210 e. The van der Waals surface area contributed by atoms with Crippen LogP contribution in [0.25, 0.3) is 99.1 Å². The van der Waals surface area contributed by atoms with Gasteiger partial charge >= 0.3 is 0 Å². The molecule has 10 aromatic rings. The zero-order chi connectivity index (χ0) is 39.5. The quantitative estimate of drug-likeness (QED) is 0.142. The first-order chi connectivity index (χ1) is 29.2. The zero-order valence-electron chi connectivity index (χ0n) is 33.5. The lowest BCUT2D eigenvalue weighted by molar-refractivity contribution is 0.490. The van der Waals surface area contributed by atoms with Gasteiger partial charge in [0, 0.05) is 5.41 Å². The molecule has 0 saturated heterocycles. The van der Waals surface area contributed by atoms with Crippen LogP contribution in [-0.2, 0) is 5.41 Å². The Labute approximate surface area is 347 Å². The molecular formula is C59H44. The average molecular weight is 753 g/mol. The molecule has 0 heterocycles. The summed E-state index contributed by atoms with van der Waals surface area (Å²) >= 11 is 0. The molecule has 0 nitrogen and oxygen atoms in total. The fraction of sp³-hybridized carbons (Fsp3) is 0.0847.